The van der Waals surface area contributed by atoms with Crippen LogP contribution in [0.1, 0.15) is 32.1 Å². The van der Waals surface area contributed by atoms with Crippen molar-refractivity contribution in [3.63, 3.8) is 0 Å². The quantitative estimate of drug-likeness (QED) is 0.451. The van der Waals surface area contributed by atoms with Crippen LogP contribution in [0.4, 0.5) is 0 Å². The van der Waals surface area contributed by atoms with Gasteiger partial charge in [-0.1, -0.05) is 0 Å². The summed E-state index contributed by atoms with van der Waals surface area (Å²) in [5.74, 6) is 0. The standard InChI is InChI=1S/C8H16N2O/c9-7-1-3-8(10,4-2-7)6(11)5-7/h6,11H,1-5,9-10H2/t6-,7?,8?/m0/s1. The molecule has 3 rings (SSSR count). The highest BCUT2D eigenvalue weighted by molar-refractivity contribution is 5.10. The fourth-order valence-corrected chi connectivity index (χ4v) is 2.34. The van der Waals surface area contributed by atoms with E-state index in [4.69, 9.17) is 11.5 Å². The highest BCUT2D eigenvalue weighted by Gasteiger charge is 2.50. The molecular formula is C8H16N2O. The second-order valence-electron chi connectivity index (χ2n) is 4.32. The predicted octanol–water partition coefficient (Wildman–Crippen LogP) is -0.280. The minimum absolute atomic E-state index is 0.0967. The SMILES string of the molecule is NC12CCC(N)(CC1)[C@@H](O)C2. The normalized spacial score (nSPS) is 56.5. The van der Waals surface area contributed by atoms with Gasteiger partial charge in [0.05, 0.1) is 6.10 Å². The van der Waals surface area contributed by atoms with Crippen molar-refractivity contribution < 1.29 is 5.11 Å². The minimum Gasteiger partial charge on any atom is -0.391 e. The Bertz CT molecular complexity index is 173. The second-order valence-corrected chi connectivity index (χ2v) is 4.32. The Balaban J connectivity index is 2.22. The van der Waals surface area contributed by atoms with E-state index in [9.17, 15) is 5.11 Å². The minimum atomic E-state index is -0.366. The van der Waals surface area contributed by atoms with Crippen LogP contribution in [0, 0.1) is 0 Å². The average molecular weight is 156 g/mol. The molecule has 0 spiro atoms. The monoisotopic (exact) mass is 156 g/mol. The molecule has 0 aromatic heterocycles. The molecule has 1 atom stereocenters. The first-order valence-corrected chi connectivity index (χ1v) is 4.30. The summed E-state index contributed by atoms with van der Waals surface area (Å²) in [5.41, 5.74) is 11.6. The number of aliphatic hydroxyl groups excluding tert-OH is 1. The number of nitrogens with two attached hydrogens (primary N) is 2. The highest BCUT2D eigenvalue weighted by Crippen LogP contribution is 2.43. The van der Waals surface area contributed by atoms with E-state index in [0.29, 0.717) is 6.42 Å². The van der Waals surface area contributed by atoms with Crippen molar-refractivity contribution >= 4 is 0 Å². The summed E-state index contributed by atoms with van der Waals surface area (Å²) in [4.78, 5) is 0. The molecule has 0 radical (unpaired) electrons. The van der Waals surface area contributed by atoms with Gasteiger partial charge in [0.1, 0.15) is 0 Å². The third-order valence-corrected chi connectivity index (χ3v) is 3.44. The molecule has 0 aliphatic heterocycles. The molecule has 3 heteroatoms. The third kappa shape index (κ3) is 0.991. The fourth-order valence-electron chi connectivity index (χ4n) is 2.34. The summed E-state index contributed by atoms with van der Waals surface area (Å²) in [6.45, 7) is 0. The van der Waals surface area contributed by atoms with Gasteiger partial charge in [0, 0.05) is 11.1 Å². The van der Waals surface area contributed by atoms with Gasteiger partial charge in [-0.25, -0.2) is 0 Å². The van der Waals surface area contributed by atoms with Gasteiger partial charge in [0.25, 0.3) is 0 Å². The zero-order chi connectivity index (χ0) is 8.11. The topological polar surface area (TPSA) is 72.3 Å². The smallest absolute Gasteiger partial charge is 0.0737 e. The van der Waals surface area contributed by atoms with E-state index in [-0.39, 0.29) is 17.2 Å². The number of rotatable bonds is 0. The van der Waals surface area contributed by atoms with Crippen molar-refractivity contribution in [1.82, 2.24) is 0 Å². The molecule has 3 aliphatic carbocycles. The van der Waals surface area contributed by atoms with Crippen LogP contribution < -0.4 is 11.5 Å². The van der Waals surface area contributed by atoms with Crippen LogP contribution in [0.15, 0.2) is 0 Å². The second kappa shape index (κ2) is 1.97. The number of fused-ring (bicyclic) bond motifs is 3. The first-order chi connectivity index (χ1) is 5.04. The molecule has 0 aromatic carbocycles. The van der Waals surface area contributed by atoms with Gasteiger partial charge in [0.2, 0.25) is 0 Å². The molecule has 0 aromatic rings. The lowest BCUT2D eigenvalue weighted by Gasteiger charge is -2.52. The molecule has 3 aliphatic rings. The van der Waals surface area contributed by atoms with Gasteiger partial charge in [-0.05, 0) is 32.1 Å². The molecule has 3 fully saturated rings. The van der Waals surface area contributed by atoms with E-state index in [1.165, 1.54) is 0 Å². The lowest BCUT2D eigenvalue weighted by Crippen LogP contribution is -2.66. The van der Waals surface area contributed by atoms with Crippen molar-refractivity contribution in [2.24, 2.45) is 11.5 Å². The Morgan fingerprint density at radius 3 is 2.00 bits per heavy atom. The van der Waals surface area contributed by atoms with E-state index < -0.39 is 0 Å². The van der Waals surface area contributed by atoms with Crippen LogP contribution in [-0.2, 0) is 0 Å². The molecule has 3 saturated carbocycles. The summed E-state index contributed by atoms with van der Waals surface area (Å²) in [5, 5.41) is 9.62. The maximum Gasteiger partial charge on any atom is 0.0737 e. The molecule has 64 valence electrons. The summed E-state index contributed by atoms with van der Waals surface area (Å²) < 4.78 is 0. The van der Waals surface area contributed by atoms with E-state index in [0.717, 1.165) is 25.7 Å². The maximum atomic E-state index is 9.62. The summed E-state index contributed by atoms with van der Waals surface area (Å²) in [6, 6.07) is 0. The van der Waals surface area contributed by atoms with E-state index in [2.05, 4.69) is 0 Å². The Labute approximate surface area is 66.8 Å². The lowest BCUT2D eigenvalue weighted by atomic mass is 9.61. The van der Waals surface area contributed by atoms with Crippen LogP contribution >= 0.6 is 0 Å². The number of hydrogen-bond donors (Lipinski definition) is 3. The number of aliphatic hydroxyl groups is 1. The van der Waals surface area contributed by atoms with Crippen molar-refractivity contribution in [2.45, 2.75) is 49.3 Å². The van der Waals surface area contributed by atoms with Crippen molar-refractivity contribution in [3.8, 4) is 0 Å². The predicted molar refractivity (Wildman–Crippen MR) is 42.9 cm³/mol. The van der Waals surface area contributed by atoms with Crippen LogP contribution in [0.3, 0.4) is 0 Å². The molecule has 11 heavy (non-hydrogen) atoms. The van der Waals surface area contributed by atoms with Gasteiger partial charge < -0.3 is 16.6 Å². The third-order valence-electron chi connectivity index (χ3n) is 3.44. The van der Waals surface area contributed by atoms with Gasteiger partial charge in [0.15, 0.2) is 0 Å². The Morgan fingerprint density at radius 2 is 1.64 bits per heavy atom. The highest BCUT2D eigenvalue weighted by atomic mass is 16.3. The lowest BCUT2D eigenvalue weighted by molar-refractivity contribution is -0.0307. The van der Waals surface area contributed by atoms with E-state index in [1.54, 1.807) is 0 Å². The Kier molecular flexibility index (Phi) is 1.35. The molecule has 0 unspecified atom stereocenters. The zero-order valence-corrected chi connectivity index (χ0v) is 6.71. The van der Waals surface area contributed by atoms with Gasteiger partial charge in [-0.2, -0.15) is 0 Å². The molecule has 0 amide bonds. The zero-order valence-electron chi connectivity index (χ0n) is 6.71. The first kappa shape index (κ1) is 7.53. The van der Waals surface area contributed by atoms with E-state index in [1.807, 2.05) is 0 Å². The van der Waals surface area contributed by atoms with Crippen molar-refractivity contribution in [1.29, 1.82) is 0 Å². The maximum absolute atomic E-state index is 9.62. The van der Waals surface area contributed by atoms with Gasteiger partial charge in [-0.3, -0.25) is 0 Å². The van der Waals surface area contributed by atoms with Gasteiger partial charge >= 0.3 is 0 Å². The molecule has 2 bridgehead atoms. The average Bonchev–Trinajstić information content (AvgIpc) is 1.94. The molecule has 0 heterocycles. The summed E-state index contributed by atoms with van der Waals surface area (Å²) >= 11 is 0. The van der Waals surface area contributed by atoms with Crippen molar-refractivity contribution in [2.75, 3.05) is 0 Å². The number of hydrogen-bond acceptors (Lipinski definition) is 3. The van der Waals surface area contributed by atoms with Crippen LogP contribution in [0.25, 0.3) is 0 Å². The summed E-state index contributed by atoms with van der Waals surface area (Å²) in [6.07, 6.45) is 4.09. The summed E-state index contributed by atoms with van der Waals surface area (Å²) in [7, 11) is 0. The van der Waals surface area contributed by atoms with E-state index >= 15 is 0 Å². The Hall–Kier alpha value is -0.120. The van der Waals surface area contributed by atoms with Crippen LogP contribution in [-0.4, -0.2) is 22.3 Å². The molecule has 5 N–H and O–H groups in total. The Morgan fingerprint density at radius 1 is 1.09 bits per heavy atom. The van der Waals surface area contributed by atoms with Crippen molar-refractivity contribution in [3.05, 3.63) is 0 Å². The largest absolute Gasteiger partial charge is 0.391 e. The van der Waals surface area contributed by atoms with Crippen LogP contribution in [0.2, 0.25) is 0 Å². The molecular weight excluding hydrogens is 140 g/mol. The molecule has 0 saturated heterocycles. The first-order valence-electron chi connectivity index (χ1n) is 4.30. The fraction of sp³-hybridized carbons (Fsp3) is 1.00. The molecule has 3 nitrogen and oxygen atoms in total. The van der Waals surface area contributed by atoms with Crippen LogP contribution in [0.5, 0.6) is 0 Å². The van der Waals surface area contributed by atoms with Gasteiger partial charge in [-0.15, -0.1) is 0 Å².